The summed E-state index contributed by atoms with van der Waals surface area (Å²) in [7, 11) is 0. The molecule has 3 rings (SSSR count). The summed E-state index contributed by atoms with van der Waals surface area (Å²) in [5.74, 6) is -0.267. The monoisotopic (exact) mass is 295 g/mol. The number of rotatable bonds is 5. The lowest BCUT2D eigenvalue weighted by atomic mass is 10.2. The topological polar surface area (TPSA) is 52.7 Å². The molecule has 112 valence electrons. The largest absolute Gasteiger partial charge is 0.339 e. The summed E-state index contributed by atoms with van der Waals surface area (Å²) in [5.41, 5.74) is 2.18. The van der Waals surface area contributed by atoms with Crippen molar-refractivity contribution in [1.29, 1.82) is 0 Å². The Bertz CT molecular complexity index is 617. The molecule has 0 spiro atoms. The Kier molecular flexibility index (Phi) is 4.16. The Morgan fingerprint density at radius 2 is 1.36 bits per heavy atom. The average Bonchev–Trinajstić information content (AvgIpc) is 2.87. The molecule has 1 N–H and O–H groups in total. The molecule has 1 heterocycles. The third kappa shape index (κ3) is 3.32. The molecule has 0 radical (unpaired) electrons. The first-order valence-corrected chi connectivity index (χ1v) is 7.16. The Labute approximate surface area is 129 Å². The number of carbonyl (C=O) groups is 2. The van der Waals surface area contributed by atoms with Crippen molar-refractivity contribution < 1.29 is 9.59 Å². The number of amides is 3. The predicted octanol–water partition coefficient (Wildman–Crippen LogP) is 2.16. The Morgan fingerprint density at radius 3 is 1.77 bits per heavy atom. The molecule has 22 heavy (non-hydrogen) atoms. The summed E-state index contributed by atoms with van der Waals surface area (Å²) >= 11 is 0. The van der Waals surface area contributed by atoms with Gasteiger partial charge in [0.2, 0.25) is 5.91 Å². The van der Waals surface area contributed by atoms with E-state index in [2.05, 4.69) is 5.32 Å². The standard InChI is InChI=1S/C17H17N3O2/c21-16-13-20(17(22)18-16)19(11-14-7-3-1-4-8-14)12-15-9-5-2-6-10-15/h1-10H,11-13H2,(H,18,21,22). The molecule has 1 aliphatic rings. The highest BCUT2D eigenvalue weighted by Crippen LogP contribution is 2.15. The van der Waals surface area contributed by atoms with E-state index in [9.17, 15) is 9.59 Å². The molecule has 1 saturated heterocycles. The second-order valence-corrected chi connectivity index (χ2v) is 5.20. The van der Waals surface area contributed by atoms with Crippen LogP contribution in [0.25, 0.3) is 0 Å². The van der Waals surface area contributed by atoms with Gasteiger partial charge in [0, 0.05) is 13.1 Å². The number of hydrazine groups is 1. The van der Waals surface area contributed by atoms with Gasteiger partial charge in [-0.15, -0.1) is 0 Å². The fourth-order valence-electron chi connectivity index (χ4n) is 2.47. The maximum absolute atomic E-state index is 12.0. The van der Waals surface area contributed by atoms with E-state index in [0.717, 1.165) is 11.1 Å². The number of nitrogens with one attached hydrogen (secondary N) is 1. The first-order valence-electron chi connectivity index (χ1n) is 7.16. The third-order valence-electron chi connectivity index (χ3n) is 3.53. The smallest absolute Gasteiger partial charge is 0.275 e. The van der Waals surface area contributed by atoms with E-state index in [4.69, 9.17) is 0 Å². The van der Waals surface area contributed by atoms with E-state index < -0.39 is 0 Å². The highest BCUT2D eigenvalue weighted by molar-refractivity contribution is 6.01. The first-order chi connectivity index (χ1) is 10.7. The minimum absolute atomic E-state index is 0.0680. The zero-order valence-corrected chi connectivity index (χ0v) is 12.1. The second-order valence-electron chi connectivity index (χ2n) is 5.20. The van der Waals surface area contributed by atoms with Crippen molar-refractivity contribution in [3.63, 3.8) is 0 Å². The lowest BCUT2D eigenvalue weighted by Gasteiger charge is -2.30. The number of nitrogens with zero attached hydrogens (tertiary/aromatic N) is 2. The van der Waals surface area contributed by atoms with Crippen LogP contribution in [0.3, 0.4) is 0 Å². The Morgan fingerprint density at radius 1 is 0.864 bits per heavy atom. The van der Waals surface area contributed by atoms with E-state index in [1.807, 2.05) is 65.7 Å². The third-order valence-corrected chi connectivity index (χ3v) is 3.53. The van der Waals surface area contributed by atoms with Crippen LogP contribution in [0.4, 0.5) is 4.79 Å². The van der Waals surface area contributed by atoms with Gasteiger partial charge in [0.25, 0.3) is 0 Å². The molecule has 0 bridgehead atoms. The van der Waals surface area contributed by atoms with Gasteiger partial charge in [-0.2, -0.15) is 0 Å². The quantitative estimate of drug-likeness (QED) is 0.860. The number of hydrogen-bond acceptors (Lipinski definition) is 3. The van der Waals surface area contributed by atoms with Crippen LogP contribution in [0, 0.1) is 0 Å². The van der Waals surface area contributed by atoms with Crippen LogP contribution in [-0.4, -0.2) is 28.5 Å². The fraction of sp³-hybridized carbons (Fsp3) is 0.176. The number of carbonyl (C=O) groups excluding carboxylic acids is 2. The molecular formula is C17H17N3O2. The molecule has 1 aliphatic heterocycles. The van der Waals surface area contributed by atoms with Gasteiger partial charge in [0.15, 0.2) is 0 Å². The molecule has 0 unspecified atom stereocenters. The van der Waals surface area contributed by atoms with Crippen molar-refractivity contribution in [2.24, 2.45) is 0 Å². The fourth-order valence-corrected chi connectivity index (χ4v) is 2.47. The Hall–Kier alpha value is -2.66. The first kappa shape index (κ1) is 14.3. The maximum Gasteiger partial charge on any atom is 0.339 e. The van der Waals surface area contributed by atoms with Crippen LogP contribution in [0.5, 0.6) is 0 Å². The van der Waals surface area contributed by atoms with Crippen molar-refractivity contribution in [3.8, 4) is 0 Å². The van der Waals surface area contributed by atoms with Crippen molar-refractivity contribution in [3.05, 3.63) is 71.8 Å². The number of imide groups is 1. The number of hydrogen-bond donors (Lipinski definition) is 1. The summed E-state index contributed by atoms with van der Waals surface area (Å²) in [6.45, 7) is 1.20. The highest BCUT2D eigenvalue weighted by Gasteiger charge is 2.31. The maximum atomic E-state index is 12.0. The number of benzene rings is 2. The lowest BCUT2D eigenvalue weighted by molar-refractivity contribution is -0.120. The molecule has 2 aromatic carbocycles. The summed E-state index contributed by atoms with van der Waals surface area (Å²) in [4.78, 5) is 23.4. The minimum atomic E-state index is -0.364. The van der Waals surface area contributed by atoms with Crippen molar-refractivity contribution in [1.82, 2.24) is 15.3 Å². The molecule has 2 aromatic rings. The van der Waals surface area contributed by atoms with Crippen LogP contribution in [0.15, 0.2) is 60.7 Å². The van der Waals surface area contributed by atoms with Crippen LogP contribution in [-0.2, 0) is 17.9 Å². The molecule has 5 nitrogen and oxygen atoms in total. The molecule has 0 aliphatic carbocycles. The summed E-state index contributed by atoms with van der Waals surface area (Å²) in [5, 5.41) is 5.69. The molecular weight excluding hydrogens is 278 g/mol. The van der Waals surface area contributed by atoms with Gasteiger partial charge in [-0.1, -0.05) is 60.7 Å². The zero-order valence-electron chi connectivity index (χ0n) is 12.1. The summed E-state index contributed by atoms with van der Waals surface area (Å²) in [6, 6.07) is 19.4. The van der Waals surface area contributed by atoms with E-state index in [-0.39, 0.29) is 18.5 Å². The van der Waals surface area contributed by atoms with Gasteiger partial charge in [-0.05, 0) is 11.1 Å². The summed E-state index contributed by atoms with van der Waals surface area (Å²) in [6.07, 6.45) is 0. The molecule has 5 heteroatoms. The van der Waals surface area contributed by atoms with Crippen LogP contribution in [0.1, 0.15) is 11.1 Å². The lowest BCUT2D eigenvalue weighted by Crippen LogP contribution is -2.43. The van der Waals surface area contributed by atoms with Gasteiger partial charge in [-0.25, -0.2) is 14.8 Å². The number of urea groups is 1. The van der Waals surface area contributed by atoms with E-state index >= 15 is 0 Å². The van der Waals surface area contributed by atoms with E-state index in [1.54, 1.807) is 0 Å². The summed E-state index contributed by atoms with van der Waals surface area (Å²) < 4.78 is 0. The second kappa shape index (κ2) is 6.41. The van der Waals surface area contributed by atoms with Gasteiger partial charge >= 0.3 is 6.03 Å². The van der Waals surface area contributed by atoms with Crippen molar-refractivity contribution >= 4 is 11.9 Å². The normalized spacial score (nSPS) is 14.5. The molecule has 1 fully saturated rings. The van der Waals surface area contributed by atoms with Gasteiger partial charge < -0.3 is 0 Å². The average molecular weight is 295 g/mol. The van der Waals surface area contributed by atoms with Crippen LogP contribution < -0.4 is 5.32 Å². The van der Waals surface area contributed by atoms with E-state index in [1.165, 1.54) is 5.01 Å². The highest BCUT2D eigenvalue weighted by atomic mass is 16.2. The van der Waals surface area contributed by atoms with Gasteiger partial charge in [-0.3, -0.25) is 10.1 Å². The van der Waals surface area contributed by atoms with Crippen LogP contribution in [0.2, 0.25) is 0 Å². The van der Waals surface area contributed by atoms with Gasteiger partial charge in [0.1, 0.15) is 6.54 Å². The molecule has 3 amide bonds. The SMILES string of the molecule is O=C1CN(N(Cc2ccccc2)Cc2ccccc2)C(=O)N1. The molecule has 0 aromatic heterocycles. The van der Waals surface area contributed by atoms with Crippen molar-refractivity contribution in [2.45, 2.75) is 13.1 Å². The molecule has 0 atom stereocenters. The zero-order chi connectivity index (χ0) is 15.4. The van der Waals surface area contributed by atoms with Crippen LogP contribution >= 0.6 is 0 Å². The Balaban J connectivity index is 1.82. The van der Waals surface area contributed by atoms with E-state index in [0.29, 0.717) is 13.1 Å². The van der Waals surface area contributed by atoms with Gasteiger partial charge in [0.05, 0.1) is 0 Å². The van der Waals surface area contributed by atoms with Crippen molar-refractivity contribution in [2.75, 3.05) is 6.54 Å². The predicted molar refractivity (Wildman–Crippen MR) is 82.4 cm³/mol. The minimum Gasteiger partial charge on any atom is -0.275 e. The molecule has 0 saturated carbocycles.